The third-order valence-corrected chi connectivity index (χ3v) is 3.12. The second-order valence-corrected chi connectivity index (χ2v) is 4.37. The molecule has 0 aromatic rings. The van der Waals surface area contributed by atoms with Crippen molar-refractivity contribution in [3.63, 3.8) is 0 Å². The SMILES string of the molecule is CCCC(CCC)NCC(CC)CC. The molecule has 0 fully saturated rings. The molecular formula is C13H29N. The van der Waals surface area contributed by atoms with Crippen LogP contribution in [0, 0.1) is 5.92 Å². The van der Waals surface area contributed by atoms with E-state index in [0.29, 0.717) is 0 Å². The summed E-state index contributed by atoms with van der Waals surface area (Å²) < 4.78 is 0. The number of nitrogens with one attached hydrogen (secondary N) is 1. The van der Waals surface area contributed by atoms with Crippen LogP contribution in [0.15, 0.2) is 0 Å². The Morgan fingerprint density at radius 2 is 1.36 bits per heavy atom. The summed E-state index contributed by atoms with van der Waals surface area (Å²) >= 11 is 0. The van der Waals surface area contributed by atoms with Crippen molar-refractivity contribution in [1.29, 1.82) is 0 Å². The predicted molar refractivity (Wildman–Crippen MR) is 65.7 cm³/mol. The summed E-state index contributed by atoms with van der Waals surface area (Å²) in [6.45, 7) is 10.4. The lowest BCUT2D eigenvalue weighted by Gasteiger charge is -2.21. The minimum Gasteiger partial charge on any atom is -0.314 e. The second-order valence-electron chi connectivity index (χ2n) is 4.37. The van der Waals surface area contributed by atoms with Crippen LogP contribution in [0.25, 0.3) is 0 Å². The lowest BCUT2D eigenvalue weighted by Crippen LogP contribution is -2.33. The smallest absolute Gasteiger partial charge is 0.00669 e. The van der Waals surface area contributed by atoms with Gasteiger partial charge in [-0.3, -0.25) is 0 Å². The van der Waals surface area contributed by atoms with E-state index >= 15 is 0 Å². The van der Waals surface area contributed by atoms with E-state index in [1.807, 2.05) is 0 Å². The molecule has 0 unspecified atom stereocenters. The van der Waals surface area contributed by atoms with Crippen LogP contribution in [0.2, 0.25) is 0 Å². The van der Waals surface area contributed by atoms with Crippen LogP contribution < -0.4 is 5.32 Å². The molecule has 0 rings (SSSR count). The molecule has 0 saturated heterocycles. The average Bonchev–Trinajstić information content (AvgIpc) is 2.20. The van der Waals surface area contributed by atoms with Crippen LogP contribution >= 0.6 is 0 Å². The Morgan fingerprint density at radius 1 is 0.857 bits per heavy atom. The third kappa shape index (κ3) is 6.42. The summed E-state index contributed by atoms with van der Waals surface area (Å²) in [6, 6.07) is 0.769. The number of hydrogen-bond acceptors (Lipinski definition) is 1. The van der Waals surface area contributed by atoms with Gasteiger partial charge in [-0.25, -0.2) is 0 Å². The first-order valence-electron chi connectivity index (χ1n) is 6.51. The zero-order valence-electron chi connectivity index (χ0n) is 10.6. The molecule has 0 amide bonds. The largest absolute Gasteiger partial charge is 0.314 e. The Hall–Kier alpha value is -0.0400. The first-order valence-corrected chi connectivity index (χ1v) is 6.51. The maximum absolute atomic E-state index is 3.72. The Bertz CT molecular complexity index is 102. The standard InChI is InChI=1S/C13H29N/c1-5-9-13(10-6-2)14-11-12(7-3)8-4/h12-14H,5-11H2,1-4H3. The molecule has 1 N–H and O–H groups in total. The van der Waals surface area contributed by atoms with Gasteiger partial charge in [-0.15, -0.1) is 0 Å². The minimum atomic E-state index is 0.769. The van der Waals surface area contributed by atoms with Crippen LogP contribution in [-0.4, -0.2) is 12.6 Å². The number of rotatable bonds is 9. The highest BCUT2D eigenvalue weighted by Gasteiger charge is 2.08. The zero-order valence-corrected chi connectivity index (χ0v) is 10.6. The van der Waals surface area contributed by atoms with E-state index in [2.05, 4.69) is 33.0 Å². The van der Waals surface area contributed by atoms with Gasteiger partial charge in [-0.1, -0.05) is 53.4 Å². The molecule has 0 atom stereocenters. The molecule has 0 radical (unpaired) electrons. The fourth-order valence-electron chi connectivity index (χ4n) is 1.96. The van der Waals surface area contributed by atoms with Gasteiger partial charge in [0.2, 0.25) is 0 Å². The normalized spacial score (nSPS) is 11.6. The van der Waals surface area contributed by atoms with Gasteiger partial charge < -0.3 is 5.32 Å². The summed E-state index contributed by atoms with van der Waals surface area (Å²) in [6.07, 6.45) is 7.92. The average molecular weight is 199 g/mol. The quantitative estimate of drug-likeness (QED) is 0.592. The van der Waals surface area contributed by atoms with E-state index in [1.54, 1.807) is 0 Å². The first-order chi connectivity index (χ1) is 6.78. The van der Waals surface area contributed by atoms with Crippen molar-refractivity contribution >= 4 is 0 Å². The predicted octanol–water partition coefficient (Wildman–Crippen LogP) is 3.98. The fraction of sp³-hybridized carbons (Fsp3) is 1.00. The molecule has 0 aromatic carbocycles. The Balaban J connectivity index is 3.67. The first kappa shape index (κ1) is 14.0. The van der Waals surface area contributed by atoms with Crippen molar-refractivity contribution in [3.05, 3.63) is 0 Å². The van der Waals surface area contributed by atoms with Gasteiger partial charge in [0.25, 0.3) is 0 Å². The zero-order chi connectivity index (χ0) is 10.8. The summed E-state index contributed by atoms with van der Waals surface area (Å²) in [5.41, 5.74) is 0. The van der Waals surface area contributed by atoms with Crippen molar-refractivity contribution < 1.29 is 0 Å². The van der Waals surface area contributed by atoms with Gasteiger partial charge >= 0.3 is 0 Å². The topological polar surface area (TPSA) is 12.0 Å². The maximum Gasteiger partial charge on any atom is 0.00669 e. The molecule has 0 saturated carbocycles. The summed E-state index contributed by atoms with van der Waals surface area (Å²) in [5.74, 6) is 0.881. The lowest BCUT2D eigenvalue weighted by molar-refractivity contribution is 0.378. The third-order valence-electron chi connectivity index (χ3n) is 3.12. The summed E-state index contributed by atoms with van der Waals surface area (Å²) in [4.78, 5) is 0. The molecule has 0 aliphatic carbocycles. The van der Waals surface area contributed by atoms with Crippen molar-refractivity contribution in [1.82, 2.24) is 5.32 Å². The Labute approximate surface area is 90.7 Å². The molecule has 0 spiro atoms. The molecule has 14 heavy (non-hydrogen) atoms. The van der Waals surface area contributed by atoms with Crippen LogP contribution in [0.5, 0.6) is 0 Å². The molecule has 0 bridgehead atoms. The summed E-state index contributed by atoms with van der Waals surface area (Å²) in [7, 11) is 0. The van der Waals surface area contributed by atoms with E-state index in [9.17, 15) is 0 Å². The maximum atomic E-state index is 3.72. The molecule has 0 heterocycles. The van der Waals surface area contributed by atoms with Gasteiger partial charge in [-0.05, 0) is 25.3 Å². The van der Waals surface area contributed by atoms with E-state index in [0.717, 1.165) is 12.0 Å². The van der Waals surface area contributed by atoms with E-state index in [4.69, 9.17) is 0 Å². The van der Waals surface area contributed by atoms with Gasteiger partial charge in [0.05, 0.1) is 0 Å². The van der Waals surface area contributed by atoms with Gasteiger partial charge in [-0.2, -0.15) is 0 Å². The molecule has 0 aliphatic heterocycles. The monoisotopic (exact) mass is 199 g/mol. The number of hydrogen-bond donors (Lipinski definition) is 1. The van der Waals surface area contributed by atoms with Crippen molar-refractivity contribution in [3.8, 4) is 0 Å². The van der Waals surface area contributed by atoms with Crippen LogP contribution in [0.4, 0.5) is 0 Å². The highest BCUT2D eigenvalue weighted by Crippen LogP contribution is 2.09. The molecule has 1 nitrogen and oxygen atoms in total. The van der Waals surface area contributed by atoms with E-state index in [1.165, 1.54) is 45.1 Å². The molecule has 1 heteroatoms. The Morgan fingerprint density at radius 3 is 1.71 bits per heavy atom. The molecule has 86 valence electrons. The van der Waals surface area contributed by atoms with Gasteiger partial charge in [0.15, 0.2) is 0 Å². The van der Waals surface area contributed by atoms with Gasteiger partial charge in [0.1, 0.15) is 0 Å². The van der Waals surface area contributed by atoms with E-state index in [-0.39, 0.29) is 0 Å². The van der Waals surface area contributed by atoms with Crippen LogP contribution in [0.3, 0.4) is 0 Å². The van der Waals surface area contributed by atoms with Crippen molar-refractivity contribution in [2.45, 2.75) is 72.3 Å². The highest BCUT2D eigenvalue weighted by atomic mass is 14.9. The molecule has 0 aliphatic rings. The lowest BCUT2D eigenvalue weighted by atomic mass is 10.0. The van der Waals surface area contributed by atoms with Gasteiger partial charge in [0, 0.05) is 6.04 Å². The fourth-order valence-corrected chi connectivity index (χ4v) is 1.96. The molecule has 0 aromatic heterocycles. The van der Waals surface area contributed by atoms with Crippen LogP contribution in [-0.2, 0) is 0 Å². The minimum absolute atomic E-state index is 0.769. The van der Waals surface area contributed by atoms with Crippen LogP contribution in [0.1, 0.15) is 66.2 Å². The summed E-state index contributed by atoms with van der Waals surface area (Å²) in [5, 5.41) is 3.72. The van der Waals surface area contributed by atoms with Crippen molar-refractivity contribution in [2.24, 2.45) is 5.92 Å². The van der Waals surface area contributed by atoms with Crippen molar-refractivity contribution in [2.75, 3.05) is 6.54 Å². The second kappa shape index (κ2) is 9.51. The highest BCUT2D eigenvalue weighted by molar-refractivity contribution is 4.68. The molecular weight excluding hydrogens is 170 g/mol. The Kier molecular flexibility index (Phi) is 9.49. The van der Waals surface area contributed by atoms with E-state index < -0.39 is 0 Å².